The Morgan fingerprint density at radius 2 is 1.07 bits per heavy atom. The third-order valence-electron chi connectivity index (χ3n) is 17.5. The molecule has 0 bridgehead atoms. The maximum absolute atomic E-state index is 13.1. The number of alkyl halides is 6. The van der Waals surface area contributed by atoms with E-state index in [0.717, 1.165) is 80.2 Å². The Kier molecular flexibility index (Phi) is 43.0. The molecule has 0 saturated carbocycles. The van der Waals surface area contributed by atoms with E-state index in [1.54, 1.807) is 34.8 Å². The number of halogens is 8. The Hall–Kier alpha value is -7.48. The van der Waals surface area contributed by atoms with Gasteiger partial charge in [-0.3, -0.25) is 36.4 Å². The normalized spacial score (nSPS) is 19.0. The Bertz CT molecular complexity index is 4560. The van der Waals surface area contributed by atoms with Gasteiger partial charge in [0.1, 0.15) is 63.9 Å². The first kappa shape index (κ1) is 101. The Labute approximate surface area is 692 Å². The molecule has 16 N–H and O–H groups in total. The summed E-state index contributed by atoms with van der Waals surface area (Å²) in [6.07, 6.45) is 13.9. The van der Waals surface area contributed by atoms with Gasteiger partial charge in [-0.15, -0.1) is 23.5 Å². The van der Waals surface area contributed by atoms with Gasteiger partial charge in [-0.25, -0.2) is 47.7 Å². The molecule has 2 saturated heterocycles. The van der Waals surface area contributed by atoms with Crippen LogP contribution >= 0.6 is 38.9 Å². The smallest absolute Gasteiger partial charge is 0.395 e. The summed E-state index contributed by atoms with van der Waals surface area (Å²) in [7, 11) is -9.19. The fourth-order valence-corrected chi connectivity index (χ4v) is 15.2. The Balaban J connectivity index is 0.000000245. The van der Waals surface area contributed by atoms with E-state index in [1.165, 1.54) is 112 Å². The van der Waals surface area contributed by atoms with E-state index >= 15 is 0 Å². The standard InChI is InChI=1S/C27H50N3O8P.C15H20F6N5O4PS.C10H15N5OS.C9H12FN3O3.C9H10FN3O3/c1-2-3-4-5-6-7-8-9-10-11-12-13-14-15-16-17-20-36-39(34,35)37-21-22-24(31)25(32)26(38-22)30-19-18-23(28)29-27(30)33;1-2-5-32-12-10-11(24-13(22)25-12)26(8-23-10)3-4-28-9-31(27,29-6-14(16,17)18)30-7-15(19,20)21;1-2-5-17-9-7-8(13-10(11)14-9)15(3-4-16)6-12-7;2*10-6-3-13(9(15)12-8(6)11)7-2-1-5(4-14)16-7/h18-19,22,24-26,31-32H,2-17,20-21H2,1H3,(H,34,35)(H2,28,29,33);8H,2-7,9H2,1H3,(H2,22,24,25);6,16H,2-5H2,1H3,(H2,11,13,14);3,5,7,14H,1-2,4H2,(H2,11,12,15);1-3,5,7,14H,4H2,(H2,11,12,15)/t;;;2*5-,7+/m...11/s1. The number of fused-ring (bicyclic) bond motifs is 2. The molecular formula is C70H107F8N19O19P2S2. The van der Waals surface area contributed by atoms with E-state index in [1.807, 2.05) is 6.92 Å². The van der Waals surface area contributed by atoms with E-state index in [9.17, 15) is 73.7 Å². The van der Waals surface area contributed by atoms with E-state index in [4.69, 9.17) is 72.0 Å². The number of aliphatic hydroxyl groups excluding tert-OH is 5. The second-order valence-electron chi connectivity index (χ2n) is 27.3. The summed E-state index contributed by atoms with van der Waals surface area (Å²) in [5.74, 6) is -0.405. The number of aliphatic hydroxyl groups is 5. The molecule has 3 aliphatic rings. The Morgan fingerprint density at radius 1 is 0.567 bits per heavy atom. The number of phosphoric ester groups is 1. The summed E-state index contributed by atoms with van der Waals surface area (Å²) in [5.41, 5.74) is 27.3. The number of unbranched alkanes of at least 4 members (excludes halogenated alkanes) is 15. The highest BCUT2D eigenvalue weighted by Gasteiger charge is 2.46. The molecule has 120 heavy (non-hydrogen) atoms. The molecule has 0 aliphatic carbocycles. The predicted molar refractivity (Wildman–Crippen MR) is 427 cm³/mol. The molecule has 0 spiro atoms. The number of anilines is 5. The molecule has 2 fully saturated rings. The highest BCUT2D eigenvalue weighted by Crippen LogP contribution is 2.50. The lowest BCUT2D eigenvalue weighted by molar-refractivity contribution is -0.166. The van der Waals surface area contributed by atoms with Crippen LogP contribution in [0.4, 0.5) is 64.5 Å². The molecule has 38 nitrogen and oxygen atoms in total. The van der Waals surface area contributed by atoms with Crippen molar-refractivity contribution in [2.75, 3.05) is 99.4 Å². The molecule has 0 radical (unpaired) electrons. The van der Waals surface area contributed by atoms with Crippen LogP contribution in [0, 0.1) is 11.6 Å². The molecule has 10 heterocycles. The van der Waals surface area contributed by atoms with Crippen LogP contribution in [0.25, 0.3) is 22.3 Å². The highest BCUT2D eigenvalue weighted by molar-refractivity contribution is 7.99. The van der Waals surface area contributed by atoms with Crippen molar-refractivity contribution >= 4 is 90.6 Å². The van der Waals surface area contributed by atoms with E-state index in [0.29, 0.717) is 47.6 Å². The highest BCUT2D eigenvalue weighted by atomic mass is 32.2. The molecule has 3 aliphatic heterocycles. The summed E-state index contributed by atoms with van der Waals surface area (Å²) < 4.78 is 170. The molecule has 9 atom stereocenters. The zero-order valence-electron chi connectivity index (χ0n) is 66.4. The second kappa shape index (κ2) is 50.9. The monoisotopic (exact) mass is 1800 g/mol. The zero-order chi connectivity index (χ0) is 88.2. The number of ether oxygens (including phenoxy) is 4. The second-order valence-corrected chi connectivity index (χ2v) is 32.9. The van der Waals surface area contributed by atoms with Crippen molar-refractivity contribution in [1.29, 1.82) is 0 Å². The van der Waals surface area contributed by atoms with Gasteiger partial charge in [0.15, 0.2) is 60.2 Å². The van der Waals surface area contributed by atoms with Crippen molar-refractivity contribution in [3.8, 4) is 0 Å². The fraction of sp³-hybridized carbons (Fsp3) is 0.657. The summed E-state index contributed by atoms with van der Waals surface area (Å²) in [6, 6.07) is 1.35. The lowest BCUT2D eigenvalue weighted by Crippen LogP contribution is -2.36. The number of thioether (sulfide) groups is 2. The van der Waals surface area contributed by atoms with Gasteiger partial charge in [0.05, 0.1) is 70.8 Å². The van der Waals surface area contributed by atoms with Crippen molar-refractivity contribution in [3.63, 3.8) is 0 Å². The summed E-state index contributed by atoms with van der Waals surface area (Å²) >= 11 is 3.06. The van der Waals surface area contributed by atoms with Crippen molar-refractivity contribution < 1.29 is 112 Å². The van der Waals surface area contributed by atoms with Crippen LogP contribution in [0.15, 0.2) is 73.9 Å². The van der Waals surface area contributed by atoms with Crippen molar-refractivity contribution in [2.24, 2.45) is 0 Å². The number of phosphoric acid groups is 1. The number of nitrogens with zero attached hydrogens (tertiary/aromatic N) is 14. The van der Waals surface area contributed by atoms with Crippen molar-refractivity contribution in [3.05, 3.63) is 92.6 Å². The van der Waals surface area contributed by atoms with Gasteiger partial charge in [-0.05, 0) is 55.8 Å². The van der Waals surface area contributed by atoms with Crippen LogP contribution in [-0.2, 0) is 59.3 Å². The van der Waals surface area contributed by atoms with Gasteiger partial charge in [0, 0.05) is 19.3 Å². The third-order valence-corrected chi connectivity index (χ3v) is 22.4. The first-order valence-electron chi connectivity index (χ1n) is 38.8. The summed E-state index contributed by atoms with van der Waals surface area (Å²) in [5, 5.41) is 48.5. The maximum atomic E-state index is 13.1. The molecule has 5 unspecified atom stereocenters. The molecule has 10 rings (SSSR count). The first-order chi connectivity index (χ1) is 57.1. The maximum Gasteiger partial charge on any atom is 0.472 e. The number of hydrogen-bond acceptors (Lipinski definition) is 34. The van der Waals surface area contributed by atoms with Crippen LogP contribution in [0.2, 0.25) is 0 Å². The number of nitrogen functional groups attached to an aromatic ring is 5. The van der Waals surface area contributed by atoms with Crippen LogP contribution in [0.3, 0.4) is 0 Å². The minimum absolute atomic E-state index is 0.00405. The molecule has 0 aromatic carbocycles. The molecule has 0 amide bonds. The van der Waals surface area contributed by atoms with Crippen LogP contribution in [0.5, 0.6) is 0 Å². The van der Waals surface area contributed by atoms with Gasteiger partial charge in [0.25, 0.3) is 0 Å². The molecular weight excluding hydrogens is 1690 g/mol. The number of hydrogen-bond donors (Lipinski definition) is 11. The minimum Gasteiger partial charge on any atom is -0.395 e. The predicted octanol–water partition coefficient (Wildman–Crippen LogP) is 9.02. The average molecular weight is 1800 g/mol. The van der Waals surface area contributed by atoms with Gasteiger partial charge >= 0.3 is 44.8 Å². The fourth-order valence-electron chi connectivity index (χ4n) is 11.5. The lowest BCUT2D eigenvalue weighted by atomic mass is 10.0. The topological polar surface area (TPSA) is 551 Å². The Morgan fingerprint density at radius 3 is 1.54 bits per heavy atom. The number of rotatable bonds is 43. The van der Waals surface area contributed by atoms with Gasteiger partial charge in [0.2, 0.25) is 11.9 Å². The molecule has 50 heteroatoms. The third kappa shape index (κ3) is 34.3. The minimum atomic E-state index is -4.92. The molecule has 674 valence electrons. The van der Waals surface area contributed by atoms with Crippen LogP contribution < -0.4 is 45.7 Å². The van der Waals surface area contributed by atoms with Gasteiger partial charge in [-0.1, -0.05) is 123 Å². The molecule has 7 aromatic heterocycles. The average Bonchev–Trinajstić information content (AvgIpc) is 1.66. The number of nitrogens with two attached hydrogens (primary N) is 5. The van der Waals surface area contributed by atoms with E-state index in [-0.39, 0.29) is 63.4 Å². The van der Waals surface area contributed by atoms with Crippen molar-refractivity contribution in [2.45, 2.75) is 234 Å². The largest absolute Gasteiger partial charge is 0.472 e. The molecule has 7 aromatic rings. The lowest BCUT2D eigenvalue weighted by Gasteiger charge is -2.20. The summed E-state index contributed by atoms with van der Waals surface area (Å²) in [4.78, 5) is 80.1. The van der Waals surface area contributed by atoms with Gasteiger partial charge < -0.3 is 87.2 Å². The number of imidazole rings is 2. The number of aromatic nitrogens is 14. The zero-order valence-corrected chi connectivity index (χ0v) is 69.9. The van der Waals surface area contributed by atoms with Gasteiger partial charge in [-0.2, -0.15) is 51.3 Å². The van der Waals surface area contributed by atoms with Crippen molar-refractivity contribution in [1.82, 2.24) is 67.7 Å². The van der Waals surface area contributed by atoms with Crippen LogP contribution in [0.1, 0.15) is 168 Å². The first-order valence-corrected chi connectivity index (χ1v) is 43.9. The van der Waals surface area contributed by atoms with Crippen LogP contribution in [-0.4, -0.2) is 212 Å². The summed E-state index contributed by atoms with van der Waals surface area (Å²) in [6.45, 7) is 1.79. The van der Waals surface area contributed by atoms with E-state index in [2.05, 4.69) is 67.8 Å². The quantitative estimate of drug-likeness (QED) is 0.00424. The van der Waals surface area contributed by atoms with E-state index < -0.39 is 137 Å². The SMILES string of the molecule is CCCCCCCCCCCCCCCCCCOP(=O)(O)OCC1OC(n2ccc(N)nc2=O)C(O)C1O.CCCSc1nc(N)nc2c1ncn2CCO.CCCSc1nc(N)nc2c1ncn2CCOCP(=O)(OCC(F)(F)F)OCC(F)(F)F.Nc1nc(=O)n([C@@H]2C=C[C@H](CO)O2)cc1F.Nc1nc(=O)n([C@@H]2CC[C@H](CO)O2)cc1F.